The predicted octanol–water partition coefficient (Wildman–Crippen LogP) is 1.80. The van der Waals surface area contributed by atoms with Gasteiger partial charge in [-0.25, -0.2) is 0 Å². The van der Waals surface area contributed by atoms with Gasteiger partial charge in [-0.05, 0) is 18.4 Å². The van der Waals surface area contributed by atoms with Gasteiger partial charge in [0.15, 0.2) is 0 Å². The number of nitrogens with two attached hydrogens (primary N) is 1. The van der Waals surface area contributed by atoms with Crippen molar-refractivity contribution >= 4 is 11.8 Å². The zero-order chi connectivity index (χ0) is 10.6. The first kappa shape index (κ1) is 12.3. The van der Waals surface area contributed by atoms with Crippen molar-refractivity contribution < 1.29 is 0 Å². The molecule has 1 saturated heterocycles. The van der Waals surface area contributed by atoms with Crippen LogP contribution in [0.1, 0.15) is 27.2 Å². The van der Waals surface area contributed by atoms with Crippen LogP contribution < -0.4 is 5.73 Å². The highest BCUT2D eigenvalue weighted by molar-refractivity contribution is 7.99. The van der Waals surface area contributed by atoms with Crippen LogP contribution in [0.4, 0.5) is 0 Å². The second kappa shape index (κ2) is 5.38. The maximum Gasteiger partial charge on any atom is 0.0147 e. The Balaban J connectivity index is 2.41. The van der Waals surface area contributed by atoms with Crippen molar-refractivity contribution in [3.05, 3.63) is 0 Å². The van der Waals surface area contributed by atoms with E-state index < -0.39 is 0 Å². The van der Waals surface area contributed by atoms with Crippen molar-refractivity contribution in [3.63, 3.8) is 0 Å². The maximum atomic E-state index is 5.84. The molecule has 2 nitrogen and oxygen atoms in total. The summed E-state index contributed by atoms with van der Waals surface area (Å²) in [7, 11) is 0. The molecule has 2 atom stereocenters. The van der Waals surface area contributed by atoms with Crippen LogP contribution in [0.2, 0.25) is 0 Å². The molecule has 1 aliphatic rings. The lowest BCUT2D eigenvalue weighted by Crippen LogP contribution is -2.45. The fourth-order valence-electron chi connectivity index (χ4n) is 1.89. The molecule has 0 bridgehead atoms. The van der Waals surface area contributed by atoms with Gasteiger partial charge in [0.25, 0.3) is 0 Å². The summed E-state index contributed by atoms with van der Waals surface area (Å²) in [6.45, 7) is 11.3. The van der Waals surface area contributed by atoms with Gasteiger partial charge in [-0.3, -0.25) is 0 Å². The predicted molar refractivity (Wildman–Crippen MR) is 65.8 cm³/mol. The largest absolute Gasteiger partial charge is 0.330 e. The first-order chi connectivity index (χ1) is 6.59. The molecular weight excluding hydrogens is 192 g/mol. The molecular formula is C11H24N2S. The Bertz CT molecular complexity index is 169. The van der Waals surface area contributed by atoms with E-state index in [0.29, 0.717) is 5.41 Å². The summed E-state index contributed by atoms with van der Waals surface area (Å²) in [5.41, 5.74) is 6.16. The number of nitrogens with zero attached hydrogens (tertiary/aromatic N) is 1. The number of thioether (sulfide) groups is 1. The third-order valence-electron chi connectivity index (χ3n) is 3.28. The molecule has 2 N–H and O–H groups in total. The molecule has 1 heterocycles. The smallest absolute Gasteiger partial charge is 0.0147 e. The Morgan fingerprint density at radius 3 is 2.79 bits per heavy atom. The SMILES string of the molecule is CCC(C)(CN)CN1CCSC(C)C1. The van der Waals surface area contributed by atoms with Crippen LogP contribution in [-0.4, -0.2) is 42.1 Å². The standard InChI is InChI=1S/C11H24N2S/c1-4-11(3,8-12)9-13-5-6-14-10(2)7-13/h10H,4-9,12H2,1-3H3. The molecule has 1 fully saturated rings. The molecule has 3 heteroatoms. The quantitative estimate of drug-likeness (QED) is 0.777. The van der Waals surface area contributed by atoms with Crippen LogP contribution in [0.3, 0.4) is 0 Å². The zero-order valence-corrected chi connectivity index (χ0v) is 10.6. The van der Waals surface area contributed by atoms with Crippen molar-refractivity contribution in [2.75, 3.05) is 31.9 Å². The molecule has 1 rings (SSSR count). The van der Waals surface area contributed by atoms with Crippen molar-refractivity contribution in [3.8, 4) is 0 Å². The van der Waals surface area contributed by atoms with E-state index in [9.17, 15) is 0 Å². The van der Waals surface area contributed by atoms with E-state index in [1.807, 2.05) is 0 Å². The van der Waals surface area contributed by atoms with Crippen molar-refractivity contribution in [1.82, 2.24) is 4.90 Å². The van der Waals surface area contributed by atoms with Gasteiger partial charge in [-0.1, -0.05) is 20.8 Å². The molecule has 0 aromatic carbocycles. The van der Waals surface area contributed by atoms with E-state index in [2.05, 4.69) is 37.4 Å². The van der Waals surface area contributed by atoms with E-state index >= 15 is 0 Å². The van der Waals surface area contributed by atoms with E-state index in [1.165, 1.54) is 31.8 Å². The summed E-state index contributed by atoms with van der Waals surface area (Å²) >= 11 is 2.09. The average Bonchev–Trinajstić information content (AvgIpc) is 2.18. The highest BCUT2D eigenvalue weighted by atomic mass is 32.2. The monoisotopic (exact) mass is 216 g/mol. The third kappa shape index (κ3) is 3.44. The Morgan fingerprint density at radius 1 is 1.57 bits per heavy atom. The maximum absolute atomic E-state index is 5.84. The van der Waals surface area contributed by atoms with Gasteiger partial charge < -0.3 is 10.6 Å². The van der Waals surface area contributed by atoms with Gasteiger partial charge >= 0.3 is 0 Å². The summed E-state index contributed by atoms with van der Waals surface area (Å²) in [5.74, 6) is 1.28. The Labute approximate surface area is 92.6 Å². The fourth-order valence-corrected chi connectivity index (χ4v) is 2.98. The zero-order valence-electron chi connectivity index (χ0n) is 9.75. The Hall–Kier alpha value is 0.270. The van der Waals surface area contributed by atoms with Gasteiger partial charge in [0.1, 0.15) is 0 Å². The molecule has 84 valence electrons. The topological polar surface area (TPSA) is 29.3 Å². The van der Waals surface area contributed by atoms with E-state index in [4.69, 9.17) is 5.73 Å². The molecule has 0 aromatic rings. The minimum Gasteiger partial charge on any atom is -0.330 e. The molecule has 14 heavy (non-hydrogen) atoms. The molecule has 0 saturated carbocycles. The van der Waals surface area contributed by atoms with Crippen LogP contribution in [0.15, 0.2) is 0 Å². The van der Waals surface area contributed by atoms with E-state index in [0.717, 1.165) is 11.8 Å². The van der Waals surface area contributed by atoms with Gasteiger partial charge in [0.2, 0.25) is 0 Å². The fraction of sp³-hybridized carbons (Fsp3) is 1.00. The summed E-state index contributed by atoms with van der Waals surface area (Å²) in [6.07, 6.45) is 1.18. The molecule has 0 aromatic heterocycles. The molecule has 0 radical (unpaired) electrons. The summed E-state index contributed by atoms with van der Waals surface area (Å²) in [5, 5.41) is 0.794. The average molecular weight is 216 g/mol. The minimum absolute atomic E-state index is 0.321. The van der Waals surface area contributed by atoms with Crippen LogP contribution in [0.25, 0.3) is 0 Å². The van der Waals surface area contributed by atoms with Crippen molar-refractivity contribution in [1.29, 1.82) is 0 Å². The van der Waals surface area contributed by atoms with E-state index in [-0.39, 0.29) is 0 Å². The molecule has 0 amide bonds. The van der Waals surface area contributed by atoms with Gasteiger partial charge in [0.05, 0.1) is 0 Å². The summed E-state index contributed by atoms with van der Waals surface area (Å²) < 4.78 is 0. The normalized spacial score (nSPS) is 28.7. The third-order valence-corrected chi connectivity index (χ3v) is 4.41. The Kier molecular flexibility index (Phi) is 4.74. The Morgan fingerprint density at radius 2 is 2.29 bits per heavy atom. The van der Waals surface area contributed by atoms with Crippen LogP contribution in [0, 0.1) is 5.41 Å². The van der Waals surface area contributed by atoms with Crippen molar-refractivity contribution in [2.24, 2.45) is 11.1 Å². The van der Waals surface area contributed by atoms with Crippen LogP contribution >= 0.6 is 11.8 Å². The lowest BCUT2D eigenvalue weighted by atomic mass is 9.87. The molecule has 0 aliphatic carbocycles. The lowest BCUT2D eigenvalue weighted by molar-refractivity contribution is 0.169. The minimum atomic E-state index is 0.321. The van der Waals surface area contributed by atoms with Crippen LogP contribution in [-0.2, 0) is 0 Å². The first-order valence-electron chi connectivity index (χ1n) is 5.63. The van der Waals surface area contributed by atoms with Gasteiger partial charge in [-0.15, -0.1) is 0 Å². The number of hydrogen-bond donors (Lipinski definition) is 1. The van der Waals surface area contributed by atoms with Gasteiger partial charge in [-0.2, -0.15) is 11.8 Å². The van der Waals surface area contributed by atoms with Crippen LogP contribution in [0.5, 0.6) is 0 Å². The highest BCUT2D eigenvalue weighted by Gasteiger charge is 2.26. The molecule has 2 unspecified atom stereocenters. The lowest BCUT2D eigenvalue weighted by Gasteiger charge is -2.37. The number of rotatable bonds is 4. The van der Waals surface area contributed by atoms with Crippen molar-refractivity contribution in [2.45, 2.75) is 32.4 Å². The van der Waals surface area contributed by atoms with Gasteiger partial charge in [0, 0.05) is 30.6 Å². The second-order valence-corrected chi connectivity index (χ2v) is 6.33. The number of hydrogen-bond acceptors (Lipinski definition) is 3. The highest BCUT2D eigenvalue weighted by Crippen LogP contribution is 2.24. The summed E-state index contributed by atoms with van der Waals surface area (Å²) in [6, 6.07) is 0. The summed E-state index contributed by atoms with van der Waals surface area (Å²) in [4.78, 5) is 2.58. The second-order valence-electron chi connectivity index (χ2n) is 4.78. The first-order valence-corrected chi connectivity index (χ1v) is 6.68. The molecule has 1 aliphatic heterocycles. The molecule has 0 spiro atoms. The van der Waals surface area contributed by atoms with E-state index in [1.54, 1.807) is 0 Å².